The minimum atomic E-state index is -3.93. The molecule has 2 rings (SSSR count). The highest BCUT2D eigenvalue weighted by atomic mass is 79.9. The summed E-state index contributed by atoms with van der Waals surface area (Å²) in [6.07, 6.45) is 0. The van der Waals surface area contributed by atoms with Crippen molar-refractivity contribution >= 4 is 49.3 Å². The molecule has 0 atom stereocenters. The molecule has 1 amide bonds. The lowest BCUT2D eigenvalue weighted by atomic mass is 10.4. The smallest absolute Gasteiger partial charge is 0.266 e. The standard InChI is InChI=1S/C10H8BrClN4O3S/c11-5-2-1-3-7(9(5)12)20(18,19)16-8-4-6(10(13)17)14-15-8/h1-4H,(H2,13,17)(H2,14,15,16). The van der Waals surface area contributed by atoms with Gasteiger partial charge >= 0.3 is 0 Å². The van der Waals surface area contributed by atoms with E-state index in [-0.39, 0.29) is 21.4 Å². The lowest BCUT2D eigenvalue weighted by Crippen LogP contribution is -2.14. The van der Waals surface area contributed by atoms with Crippen molar-refractivity contribution in [2.75, 3.05) is 4.72 Å². The lowest BCUT2D eigenvalue weighted by molar-refractivity contribution is 0.0995. The summed E-state index contributed by atoms with van der Waals surface area (Å²) >= 11 is 9.07. The topological polar surface area (TPSA) is 118 Å². The second-order valence-electron chi connectivity index (χ2n) is 3.69. The Morgan fingerprint density at radius 2 is 2.15 bits per heavy atom. The van der Waals surface area contributed by atoms with Gasteiger partial charge in [-0.1, -0.05) is 17.7 Å². The van der Waals surface area contributed by atoms with Gasteiger partial charge in [-0.25, -0.2) is 8.42 Å². The van der Waals surface area contributed by atoms with Crippen LogP contribution in [0.15, 0.2) is 33.6 Å². The van der Waals surface area contributed by atoms with E-state index in [0.29, 0.717) is 4.47 Å². The summed E-state index contributed by atoms with van der Waals surface area (Å²) in [5.41, 5.74) is 5.02. The second kappa shape index (κ2) is 5.43. The molecule has 0 spiro atoms. The zero-order chi connectivity index (χ0) is 14.9. The lowest BCUT2D eigenvalue weighted by Gasteiger charge is -2.07. The van der Waals surface area contributed by atoms with Gasteiger partial charge in [0.2, 0.25) is 0 Å². The van der Waals surface area contributed by atoms with Gasteiger partial charge in [-0.15, -0.1) is 0 Å². The number of hydrogen-bond acceptors (Lipinski definition) is 4. The van der Waals surface area contributed by atoms with Crippen LogP contribution in [0.1, 0.15) is 10.5 Å². The van der Waals surface area contributed by atoms with Crippen molar-refractivity contribution in [3.05, 3.63) is 39.5 Å². The predicted octanol–water partition coefficient (Wildman–Crippen LogP) is 1.73. The van der Waals surface area contributed by atoms with Gasteiger partial charge in [-0.05, 0) is 28.1 Å². The molecular formula is C10H8BrClN4O3S. The van der Waals surface area contributed by atoms with Gasteiger partial charge in [0.05, 0.1) is 5.02 Å². The van der Waals surface area contributed by atoms with Crippen LogP contribution in [0.4, 0.5) is 5.82 Å². The van der Waals surface area contributed by atoms with E-state index in [1.54, 1.807) is 6.07 Å². The monoisotopic (exact) mass is 378 g/mol. The fourth-order valence-electron chi connectivity index (χ4n) is 1.38. The normalized spacial score (nSPS) is 11.3. The van der Waals surface area contributed by atoms with Crippen molar-refractivity contribution < 1.29 is 13.2 Å². The van der Waals surface area contributed by atoms with Gasteiger partial charge in [-0.2, -0.15) is 5.10 Å². The number of primary amides is 1. The highest BCUT2D eigenvalue weighted by molar-refractivity contribution is 9.10. The fourth-order valence-corrected chi connectivity index (χ4v) is 3.41. The number of aromatic amines is 1. The highest BCUT2D eigenvalue weighted by Gasteiger charge is 2.21. The first-order valence-corrected chi connectivity index (χ1v) is 7.79. The highest BCUT2D eigenvalue weighted by Crippen LogP contribution is 2.30. The quantitative estimate of drug-likeness (QED) is 0.749. The molecule has 106 valence electrons. The molecule has 1 aromatic heterocycles. The number of nitrogens with zero attached hydrogens (tertiary/aromatic N) is 1. The van der Waals surface area contributed by atoms with Crippen LogP contribution in [-0.4, -0.2) is 24.5 Å². The molecule has 0 unspecified atom stereocenters. The SMILES string of the molecule is NC(=O)c1cc(NS(=O)(=O)c2cccc(Br)c2Cl)n[nH]1. The Morgan fingerprint density at radius 1 is 1.45 bits per heavy atom. The molecule has 1 heterocycles. The maximum absolute atomic E-state index is 12.2. The van der Waals surface area contributed by atoms with Crippen LogP contribution in [0.25, 0.3) is 0 Å². The van der Waals surface area contributed by atoms with Gasteiger partial charge in [0.1, 0.15) is 10.6 Å². The van der Waals surface area contributed by atoms with Crippen LogP contribution >= 0.6 is 27.5 Å². The molecule has 2 aromatic rings. The number of sulfonamides is 1. The number of anilines is 1. The number of carbonyl (C=O) groups excluding carboxylic acids is 1. The second-order valence-corrected chi connectivity index (χ2v) is 6.57. The maximum Gasteiger partial charge on any atom is 0.266 e. The van der Waals surface area contributed by atoms with Crippen molar-refractivity contribution in [3.8, 4) is 0 Å². The Balaban J connectivity index is 2.35. The molecule has 0 aliphatic carbocycles. The molecule has 1 aromatic carbocycles. The largest absolute Gasteiger partial charge is 0.364 e. The zero-order valence-corrected chi connectivity index (χ0v) is 12.9. The number of aromatic nitrogens is 2. The summed E-state index contributed by atoms with van der Waals surface area (Å²) in [6, 6.07) is 5.67. The van der Waals surface area contributed by atoms with Crippen molar-refractivity contribution in [3.63, 3.8) is 0 Å². The van der Waals surface area contributed by atoms with E-state index in [1.807, 2.05) is 0 Å². The summed E-state index contributed by atoms with van der Waals surface area (Å²) in [4.78, 5) is 10.8. The number of amides is 1. The summed E-state index contributed by atoms with van der Waals surface area (Å²) in [5.74, 6) is -0.807. The first kappa shape index (κ1) is 14.8. The summed E-state index contributed by atoms with van der Waals surface area (Å²) in [7, 11) is -3.93. The molecule has 0 aliphatic heterocycles. The maximum atomic E-state index is 12.2. The Hall–Kier alpha value is -1.58. The van der Waals surface area contributed by atoms with Crippen LogP contribution in [0.2, 0.25) is 5.02 Å². The third-order valence-corrected chi connectivity index (χ3v) is 5.09. The van der Waals surface area contributed by atoms with Crippen molar-refractivity contribution in [1.29, 1.82) is 0 Å². The van der Waals surface area contributed by atoms with E-state index in [9.17, 15) is 13.2 Å². The Labute approximate surface area is 127 Å². The van der Waals surface area contributed by atoms with Gasteiger partial charge in [0.25, 0.3) is 15.9 Å². The third kappa shape index (κ3) is 2.94. The Morgan fingerprint density at radius 3 is 2.75 bits per heavy atom. The number of hydrogen-bond donors (Lipinski definition) is 3. The predicted molar refractivity (Wildman–Crippen MR) is 77.1 cm³/mol. The minimum absolute atomic E-state index is 0.0111. The Bertz CT molecular complexity index is 775. The summed E-state index contributed by atoms with van der Waals surface area (Å²) in [6.45, 7) is 0. The van der Waals surface area contributed by atoms with E-state index in [1.165, 1.54) is 18.2 Å². The van der Waals surface area contributed by atoms with E-state index in [2.05, 4.69) is 30.8 Å². The molecule has 0 fully saturated rings. The number of benzene rings is 1. The van der Waals surface area contributed by atoms with Gasteiger partial charge in [0.15, 0.2) is 5.82 Å². The molecule has 20 heavy (non-hydrogen) atoms. The number of halogens is 2. The number of nitrogens with one attached hydrogen (secondary N) is 2. The van der Waals surface area contributed by atoms with E-state index in [4.69, 9.17) is 17.3 Å². The first-order chi connectivity index (χ1) is 9.31. The van der Waals surface area contributed by atoms with Gasteiger partial charge in [-0.3, -0.25) is 14.6 Å². The number of H-pyrrole nitrogens is 1. The molecule has 7 nitrogen and oxygen atoms in total. The van der Waals surface area contributed by atoms with E-state index >= 15 is 0 Å². The third-order valence-electron chi connectivity index (χ3n) is 2.29. The molecule has 0 saturated heterocycles. The number of nitrogens with two attached hydrogens (primary N) is 1. The van der Waals surface area contributed by atoms with Gasteiger partial charge in [0, 0.05) is 10.5 Å². The van der Waals surface area contributed by atoms with E-state index < -0.39 is 15.9 Å². The van der Waals surface area contributed by atoms with Crippen LogP contribution in [-0.2, 0) is 10.0 Å². The molecule has 0 bridgehead atoms. The van der Waals surface area contributed by atoms with Crippen molar-refractivity contribution in [2.24, 2.45) is 5.73 Å². The summed E-state index contributed by atoms with van der Waals surface area (Å²) < 4.78 is 27.0. The van der Waals surface area contributed by atoms with Crippen molar-refractivity contribution in [1.82, 2.24) is 10.2 Å². The van der Waals surface area contributed by atoms with Crippen LogP contribution in [0.5, 0.6) is 0 Å². The van der Waals surface area contributed by atoms with Crippen LogP contribution in [0.3, 0.4) is 0 Å². The minimum Gasteiger partial charge on any atom is -0.364 e. The average molecular weight is 380 g/mol. The molecule has 0 saturated carbocycles. The molecule has 0 radical (unpaired) electrons. The molecule has 10 heteroatoms. The summed E-state index contributed by atoms with van der Waals surface area (Å²) in [5, 5.41) is 5.99. The number of rotatable bonds is 4. The Kier molecular flexibility index (Phi) is 4.02. The molecule has 4 N–H and O–H groups in total. The zero-order valence-electron chi connectivity index (χ0n) is 9.72. The molecule has 0 aliphatic rings. The van der Waals surface area contributed by atoms with Crippen molar-refractivity contribution in [2.45, 2.75) is 4.90 Å². The van der Waals surface area contributed by atoms with Gasteiger partial charge < -0.3 is 5.73 Å². The first-order valence-electron chi connectivity index (χ1n) is 5.13. The average Bonchev–Trinajstić information content (AvgIpc) is 2.80. The number of carbonyl (C=O) groups is 1. The van der Waals surface area contributed by atoms with E-state index in [0.717, 1.165) is 0 Å². The van der Waals surface area contributed by atoms with Crippen LogP contribution < -0.4 is 10.5 Å². The van der Waals surface area contributed by atoms with Crippen LogP contribution in [0, 0.1) is 0 Å². The fraction of sp³-hybridized carbons (Fsp3) is 0. The molecular weight excluding hydrogens is 372 g/mol.